The molecule has 0 atom stereocenters. The number of fused-ring (bicyclic) bond motifs is 1. The number of urea groups is 1. The van der Waals surface area contributed by atoms with Crippen molar-refractivity contribution in [3.8, 4) is 0 Å². The molecule has 27 heavy (non-hydrogen) atoms. The van der Waals surface area contributed by atoms with Crippen molar-refractivity contribution in [1.29, 1.82) is 0 Å². The fourth-order valence-corrected chi connectivity index (χ4v) is 4.47. The Morgan fingerprint density at radius 1 is 1.15 bits per heavy atom. The van der Waals surface area contributed by atoms with Crippen LogP contribution in [-0.4, -0.2) is 28.4 Å². The summed E-state index contributed by atoms with van der Waals surface area (Å²) in [5.74, 6) is -0.148. The van der Waals surface area contributed by atoms with Crippen molar-refractivity contribution in [2.75, 3.05) is 17.2 Å². The summed E-state index contributed by atoms with van der Waals surface area (Å²) in [6.07, 6.45) is 0.683. The number of thiazole rings is 1. The predicted octanol–water partition coefficient (Wildman–Crippen LogP) is 4.36. The summed E-state index contributed by atoms with van der Waals surface area (Å²) in [7, 11) is 0. The fourth-order valence-electron chi connectivity index (χ4n) is 2.83. The highest BCUT2D eigenvalue weighted by Gasteiger charge is 2.25. The van der Waals surface area contributed by atoms with Crippen LogP contribution in [0.2, 0.25) is 0 Å². The SMILES string of the molecule is Cc1ccc(NC(=O)N2CCc3nc(NC(=O)c4cccs4)sc3C2)cc1. The lowest BCUT2D eigenvalue weighted by Crippen LogP contribution is -2.38. The third kappa shape index (κ3) is 4.01. The Labute approximate surface area is 164 Å². The van der Waals surface area contributed by atoms with Gasteiger partial charge in [0.15, 0.2) is 5.13 Å². The summed E-state index contributed by atoms with van der Waals surface area (Å²) in [5, 5.41) is 8.23. The number of hydrogen-bond acceptors (Lipinski definition) is 5. The minimum Gasteiger partial charge on any atom is -0.319 e. The Kier molecular flexibility index (Phi) is 4.91. The van der Waals surface area contributed by atoms with Crippen molar-refractivity contribution in [2.24, 2.45) is 0 Å². The Morgan fingerprint density at radius 2 is 1.96 bits per heavy atom. The maximum absolute atomic E-state index is 12.5. The molecule has 3 amide bonds. The molecule has 1 aliphatic rings. The maximum Gasteiger partial charge on any atom is 0.322 e. The highest BCUT2D eigenvalue weighted by atomic mass is 32.1. The van der Waals surface area contributed by atoms with Crippen LogP contribution < -0.4 is 10.6 Å². The van der Waals surface area contributed by atoms with Crippen molar-refractivity contribution in [1.82, 2.24) is 9.88 Å². The molecule has 2 N–H and O–H groups in total. The van der Waals surface area contributed by atoms with Gasteiger partial charge in [-0.2, -0.15) is 0 Å². The predicted molar refractivity (Wildman–Crippen MR) is 109 cm³/mol. The van der Waals surface area contributed by atoms with E-state index in [9.17, 15) is 9.59 Å². The number of aryl methyl sites for hydroxylation is 1. The molecule has 2 aromatic heterocycles. The molecule has 0 radical (unpaired) electrons. The molecular formula is C19H18N4O2S2. The van der Waals surface area contributed by atoms with Crippen LogP contribution in [0.15, 0.2) is 41.8 Å². The van der Waals surface area contributed by atoms with Gasteiger partial charge in [0.2, 0.25) is 0 Å². The van der Waals surface area contributed by atoms with Crippen LogP contribution in [0.3, 0.4) is 0 Å². The highest BCUT2D eigenvalue weighted by Crippen LogP contribution is 2.29. The quantitative estimate of drug-likeness (QED) is 0.689. The monoisotopic (exact) mass is 398 g/mol. The summed E-state index contributed by atoms with van der Waals surface area (Å²) in [6, 6.07) is 11.2. The van der Waals surface area contributed by atoms with Crippen LogP contribution in [0.25, 0.3) is 0 Å². The van der Waals surface area contributed by atoms with Gasteiger partial charge in [-0.15, -0.1) is 11.3 Å². The van der Waals surface area contributed by atoms with Gasteiger partial charge in [0.25, 0.3) is 5.91 Å². The average Bonchev–Trinajstić information content (AvgIpc) is 3.32. The van der Waals surface area contributed by atoms with Crippen molar-refractivity contribution >= 4 is 45.4 Å². The molecule has 0 saturated heterocycles. The summed E-state index contributed by atoms with van der Waals surface area (Å²) in [5.41, 5.74) is 2.89. The molecule has 0 spiro atoms. The first-order valence-electron chi connectivity index (χ1n) is 8.54. The van der Waals surface area contributed by atoms with Gasteiger partial charge < -0.3 is 10.2 Å². The molecule has 138 valence electrons. The summed E-state index contributed by atoms with van der Waals surface area (Å²) in [6.45, 7) is 3.11. The zero-order chi connectivity index (χ0) is 18.8. The third-order valence-electron chi connectivity index (χ3n) is 4.29. The van der Waals surface area contributed by atoms with E-state index in [-0.39, 0.29) is 11.9 Å². The number of amides is 3. The number of nitrogens with zero attached hydrogens (tertiary/aromatic N) is 2. The molecule has 0 aliphatic carbocycles. The van der Waals surface area contributed by atoms with E-state index in [1.807, 2.05) is 42.6 Å². The number of hydrogen-bond donors (Lipinski definition) is 2. The molecule has 0 unspecified atom stereocenters. The lowest BCUT2D eigenvalue weighted by Gasteiger charge is -2.26. The van der Waals surface area contributed by atoms with Crippen molar-refractivity contribution in [2.45, 2.75) is 19.9 Å². The number of carbonyl (C=O) groups excluding carboxylic acids is 2. The standard InChI is InChI=1S/C19H18N4O2S2/c1-12-4-6-13(7-5-12)20-19(25)23-9-8-14-16(11-23)27-18(21-14)22-17(24)15-3-2-10-26-15/h2-7,10H,8-9,11H2,1H3,(H,20,25)(H,21,22,24). The van der Waals surface area contributed by atoms with E-state index in [1.165, 1.54) is 22.7 Å². The number of carbonyl (C=O) groups is 2. The minimum atomic E-state index is -0.148. The first-order chi connectivity index (χ1) is 13.1. The van der Waals surface area contributed by atoms with Crippen molar-refractivity contribution < 1.29 is 9.59 Å². The zero-order valence-corrected chi connectivity index (χ0v) is 16.3. The second-order valence-electron chi connectivity index (χ2n) is 6.29. The van der Waals surface area contributed by atoms with Gasteiger partial charge in [0.05, 0.1) is 17.1 Å². The van der Waals surface area contributed by atoms with Crippen molar-refractivity contribution in [3.05, 3.63) is 62.8 Å². The average molecular weight is 399 g/mol. The van der Waals surface area contributed by atoms with E-state index < -0.39 is 0 Å². The maximum atomic E-state index is 12.5. The van der Waals surface area contributed by atoms with Gasteiger partial charge in [-0.25, -0.2) is 9.78 Å². The molecular weight excluding hydrogens is 380 g/mol. The molecule has 0 saturated carbocycles. The Morgan fingerprint density at radius 3 is 2.70 bits per heavy atom. The second-order valence-corrected chi connectivity index (χ2v) is 8.32. The van der Waals surface area contributed by atoms with E-state index in [0.29, 0.717) is 29.5 Å². The smallest absolute Gasteiger partial charge is 0.319 e. The number of thiophene rings is 1. The van der Waals surface area contributed by atoms with E-state index in [2.05, 4.69) is 15.6 Å². The number of rotatable bonds is 3. The largest absolute Gasteiger partial charge is 0.322 e. The molecule has 0 fully saturated rings. The second kappa shape index (κ2) is 7.50. The lowest BCUT2D eigenvalue weighted by molar-refractivity contribution is 0.103. The van der Waals surface area contributed by atoms with E-state index in [1.54, 1.807) is 11.0 Å². The Balaban J connectivity index is 1.40. The minimum absolute atomic E-state index is 0.123. The van der Waals surface area contributed by atoms with E-state index in [0.717, 1.165) is 21.8 Å². The third-order valence-corrected chi connectivity index (χ3v) is 6.15. The first kappa shape index (κ1) is 17.7. The van der Waals surface area contributed by atoms with Crippen LogP contribution in [-0.2, 0) is 13.0 Å². The van der Waals surface area contributed by atoms with Gasteiger partial charge in [-0.05, 0) is 30.5 Å². The van der Waals surface area contributed by atoms with Crippen LogP contribution >= 0.6 is 22.7 Å². The molecule has 1 aliphatic heterocycles. The van der Waals surface area contributed by atoms with Crippen LogP contribution in [0.5, 0.6) is 0 Å². The number of benzene rings is 1. The first-order valence-corrected chi connectivity index (χ1v) is 10.2. The number of anilines is 2. The van der Waals surface area contributed by atoms with E-state index >= 15 is 0 Å². The molecule has 8 heteroatoms. The normalized spacial score (nSPS) is 13.1. The van der Waals surface area contributed by atoms with Gasteiger partial charge in [0.1, 0.15) is 0 Å². The van der Waals surface area contributed by atoms with Crippen LogP contribution in [0, 0.1) is 6.92 Å². The van der Waals surface area contributed by atoms with Gasteiger partial charge >= 0.3 is 6.03 Å². The Hall–Kier alpha value is -2.71. The van der Waals surface area contributed by atoms with Gasteiger partial charge in [0, 0.05) is 23.5 Å². The fraction of sp³-hybridized carbons (Fsp3) is 0.211. The molecule has 3 aromatic rings. The topological polar surface area (TPSA) is 74.3 Å². The zero-order valence-electron chi connectivity index (χ0n) is 14.7. The number of nitrogens with one attached hydrogen (secondary N) is 2. The highest BCUT2D eigenvalue weighted by molar-refractivity contribution is 7.16. The molecule has 1 aromatic carbocycles. The van der Waals surface area contributed by atoms with Crippen LogP contribution in [0.1, 0.15) is 25.8 Å². The van der Waals surface area contributed by atoms with Gasteiger partial charge in [-0.3, -0.25) is 10.1 Å². The summed E-state index contributed by atoms with van der Waals surface area (Å²) >= 11 is 2.83. The molecule has 3 heterocycles. The molecule has 6 nitrogen and oxygen atoms in total. The number of aromatic nitrogens is 1. The molecule has 0 bridgehead atoms. The lowest BCUT2D eigenvalue weighted by atomic mass is 10.2. The van der Waals surface area contributed by atoms with Crippen LogP contribution in [0.4, 0.5) is 15.6 Å². The summed E-state index contributed by atoms with van der Waals surface area (Å²) in [4.78, 5) is 32.7. The van der Waals surface area contributed by atoms with Gasteiger partial charge in [-0.1, -0.05) is 35.1 Å². The molecule has 4 rings (SSSR count). The Bertz CT molecular complexity index is 964. The summed E-state index contributed by atoms with van der Waals surface area (Å²) < 4.78 is 0. The van der Waals surface area contributed by atoms with Crippen molar-refractivity contribution in [3.63, 3.8) is 0 Å². The van der Waals surface area contributed by atoms with E-state index in [4.69, 9.17) is 0 Å².